The van der Waals surface area contributed by atoms with E-state index in [0.717, 1.165) is 0 Å². The molecule has 1 fully saturated rings. The van der Waals surface area contributed by atoms with Crippen LogP contribution in [0.3, 0.4) is 0 Å². The van der Waals surface area contributed by atoms with Crippen molar-refractivity contribution in [3.05, 3.63) is 83.9 Å². The third-order valence-electron chi connectivity index (χ3n) is 4.09. The second-order valence-electron chi connectivity index (χ2n) is 5.41. The van der Waals surface area contributed by atoms with Gasteiger partial charge in [-0.2, -0.15) is 0 Å². The maximum atomic E-state index is 6.00. The first-order valence-electron chi connectivity index (χ1n) is 7.32. The molecule has 1 N–H and O–H groups in total. The molecule has 2 nitrogen and oxygen atoms in total. The summed E-state index contributed by atoms with van der Waals surface area (Å²) in [5, 5.41) is 6.10. The number of benzene rings is 3. The third-order valence-corrected chi connectivity index (χ3v) is 4.09. The maximum Gasteiger partial charge on any atom is 0.135 e. The van der Waals surface area contributed by atoms with Gasteiger partial charge in [0.25, 0.3) is 0 Å². The van der Waals surface area contributed by atoms with Gasteiger partial charge in [-0.25, -0.2) is 0 Å². The Morgan fingerprint density at radius 2 is 1.57 bits per heavy atom. The van der Waals surface area contributed by atoms with Gasteiger partial charge in [-0.1, -0.05) is 72.8 Å². The second kappa shape index (κ2) is 5.32. The van der Waals surface area contributed by atoms with Crippen LogP contribution in [0.15, 0.2) is 72.8 Å². The fraction of sp³-hybridized carbons (Fsp3) is 0.158. The standard InChI is InChI=1S/C19H17NO/c1-2-8-15(9-3-1)18-13-21-19(20-18)17-12-6-10-14-7-4-5-11-16(14)17/h1-12,18-20H,13H2/t18-,19+/m0/s1. The Morgan fingerprint density at radius 3 is 2.48 bits per heavy atom. The summed E-state index contributed by atoms with van der Waals surface area (Å²) in [6.07, 6.45) is -0.0405. The maximum absolute atomic E-state index is 6.00. The minimum Gasteiger partial charge on any atom is -0.357 e. The Morgan fingerprint density at radius 1 is 0.810 bits per heavy atom. The van der Waals surface area contributed by atoms with Crippen molar-refractivity contribution in [3.63, 3.8) is 0 Å². The lowest BCUT2D eigenvalue weighted by molar-refractivity contribution is 0.102. The average molecular weight is 275 g/mol. The van der Waals surface area contributed by atoms with Crippen LogP contribution >= 0.6 is 0 Å². The quantitative estimate of drug-likeness (QED) is 0.757. The normalized spacial score (nSPS) is 21.7. The number of rotatable bonds is 2. The van der Waals surface area contributed by atoms with Crippen LogP contribution in [-0.2, 0) is 4.74 Å². The van der Waals surface area contributed by atoms with Gasteiger partial charge >= 0.3 is 0 Å². The summed E-state index contributed by atoms with van der Waals surface area (Å²) in [7, 11) is 0. The van der Waals surface area contributed by atoms with Crippen molar-refractivity contribution in [2.45, 2.75) is 12.3 Å². The predicted molar refractivity (Wildman–Crippen MR) is 85.0 cm³/mol. The molecule has 0 unspecified atom stereocenters. The fourth-order valence-electron chi connectivity index (χ4n) is 3.01. The summed E-state index contributed by atoms with van der Waals surface area (Å²) >= 11 is 0. The molecule has 2 atom stereocenters. The molecule has 104 valence electrons. The zero-order valence-corrected chi connectivity index (χ0v) is 11.7. The summed E-state index contributed by atoms with van der Waals surface area (Å²) in [5.74, 6) is 0. The van der Waals surface area contributed by atoms with Crippen LogP contribution in [0.25, 0.3) is 10.8 Å². The summed E-state index contributed by atoms with van der Waals surface area (Å²) in [6, 6.07) is 25.6. The van der Waals surface area contributed by atoms with E-state index in [1.165, 1.54) is 21.9 Å². The molecule has 1 aliphatic rings. The highest BCUT2D eigenvalue weighted by Crippen LogP contribution is 2.32. The predicted octanol–water partition coefficient (Wildman–Crippen LogP) is 4.20. The lowest BCUT2D eigenvalue weighted by Crippen LogP contribution is -2.18. The Hall–Kier alpha value is -2.16. The summed E-state index contributed by atoms with van der Waals surface area (Å²) in [6.45, 7) is 0.706. The first-order chi connectivity index (χ1) is 10.4. The molecule has 0 radical (unpaired) electrons. The van der Waals surface area contributed by atoms with E-state index in [9.17, 15) is 0 Å². The van der Waals surface area contributed by atoms with Gasteiger partial charge < -0.3 is 4.74 Å². The minimum atomic E-state index is -0.0405. The SMILES string of the molecule is c1ccc([C@@H]2CO[C@H](c3cccc4ccccc34)N2)cc1. The number of ether oxygens (including phenoxy) is 1. The molecule has 0 saturated carbocycles. The first-order valence-corrected chi connectivity index (χ1v) is 7.32. The molecular formula is C19H17NO. The van der Waals surface area contributed by atoms with E-state index < -0.39 is 0 Å². The summed E-state index contributed by atoms with van der Waals surface area (Å²) < 4.78 is 6.00. The van der Waals surface area contributed by atoms with Gasteiger partial charge in [-0.3, -0.25) is 5.32 Å². The molecule has 0 amide bonds. The lowest BCUT2D eigenvalue weighted by Gasteiger charge is -2.15. The van der Waals surface area contributed by atoms with E-state index in [0.29, 0.717) is 6.61 Å². The number of nitrogens with one attached hydrogen (secondary N) is 1. The van der Waals surface area contributed by atoms with Crippen LogP contribution in [0.4, 0.5) is 0 Å². The van der Waals surface area contributed by atoms with Gasteiger partial charge in [0.15, 0.2) is 0 Å². The van der Waals surface area contributed by atoms with E-state index in [1.807, 2.05) is 6.07 Å². The second-order valence-corrected chi connectivity index (χ2v) is 5.41. The Kier molecular flexibility index (Phi) is 3.18. The van der Waals surface area contributed by atoms with Gasteiger partial charge in [0.1, 0.15) is 6.23 Å². The highest BCUT2D eigenvalue weighted by molar-refractivity contribution is 5.85. The van der Waals surface area contributed by atoms with Crippen LogP contribution in [0.1, 0.15) is 23.4 Å². The Bertz CT molecular complexity index is 748. The molecular weight excluding hydrogens is 258 g/mol. The van der Waals surface area contributed by atoms with E-state index >= 15 is 0 Å². The zero-order chi connectivity index (χ0) is 14.1. The molecule has 1 heterocycles. The molecule has 4 rings (SSSR count). The summed E-state index contributed by atoms with van der Waals surface area (Å²) in [5.41, 5.74) is 2.49. The van der Waals surface area contributed by atoms with E-state index in [2.05, 4.69) is 72.0 Å². The average Bonchev–Trinajstić information content (AvgIpc) is 3.05. The van der Waals surface area contributed by atoms with Gasteiger partial charge in [0, 0.05) is 5.56 Å². The molecule has 0 aromatic heterocycles. The van der Waals surface area contributed by atoms with Crippen LogP contribution in [-0.4, -0.2) is 6.61 Å². The van der Waals surface area contributed by atoms with Gasteiger partial charge in [0.05, 0.1) is 12.6 Å². The van der Waals surface area contributed by atoms with Crippen molar-refractivity contribution in [3.8, 4) is 0 Å². The lowest BCUT2D eigenvalue weighted by atomic mass is 10.0. The van der Waals surface area contributed by atoms with Crippen LogP contribution in [0.5, 0.6) is 0 Å². The van der Waals surface area contributed by atoms with E-state index in [1.54, 1.807) is 0 Å². The summed E-state index contributed by atoms with van der Waals surface area (Å²) in [4.78, 5) is 0. The Labute approximate surface area is 124 Å². The molecule has 3 aromatic rings. The minimum absolute atomic E-state index is 0.0405. The van der Waals surface area contributed by atoms with Crippen molar-refractivity contribution in [1.82, 2.24) is 5.32 Å². The zero-order valence-electron chi connectivity index (χ0n) is 11.7. The van der Waals surface area contributed by atoms with Crippen molar-refractivity contribution in [2.24, 2.45) is 0 Å². The molecule has 1 aliphatic heterocycles. The van der Waals surface area contributed by atoms with Crippen molar-refractivity contribution in [1.29, 1.82) is 0 Å². The molecule has 0 spiro atoms. The molecule has 0 bridgehead atoms. The number of hydrogen-bond donors (Lipinski definition) is 1. The van der Waals surface area contributed by atoms with Crippen molar-refractivity contribution >= 4 is 10.8 Å². The molecule has 1 saturated heterocycles. The molecule has 3 aromatic carbocycles. The Balaban J connectivity index is 1.66. The smallest absolute Gasteiger partial charge is 0.135 e. The number of fused-ring (bicyclic) bond motifs is 1. The van der Waals surface area contributed by atoms with E-state index in [-0.39, 0.29) is 12.3 Å². The molecule has 21 heavy (non-hydrogen) atoms. The number of hydrogen-bond acceptors (Lipinski definition) is 2. The topological polar surface area (TPSA) is 21.3 Å². The molecule has 2 heteroatoms. The fourth-order valence-corrected chi connectivity index (χ4v) is 3.01. The van der Waals surface area contributed by atoms with Gasteiger partial charge in [-0.15, -0.1) is 0 Å². The van der Waals surface area contributed by atoms with Crippen molar-refractivity contribution in [2.75, 3.05) is 6.61 Å². The van der Waals surface area contributed by atoms with Gasteiger partial charge in [-0.05, 0) is 16.3 Å². The monoisotopic (exact) mass is 275 g/mol. The highest BCUT2D eigenvalue weighted by atomic mass is 16.5. The van der Waals surface area contributed by atoms with Crippen LogP contribution in [0.2, 0.25) is 0 Å². The molecule has 0 aliphatic carbocycles. The van der Waals surface area contributed by atoms with Crippen LogP contribution in [0, 0.1) is 0 Å². The van der Waals surface area contributed by atoms with Gasteiger partial charge in [0.2, 0.25) is 0 Å². The largest absolute Gasteiger partial charge is 0.357 e. The first kappa shape index (κ1) is 12.6. The highest BCUT2D eigenvalue weighted by Gasteiger charge is 2.27. The van der Waals surface area contributed by atoms with E-state index in [4.69, 9.17) is 4.74 Å². The van der Waals surface area contributed by atoms with Crippen molar-refractivity contribution < 1.29 is 4.74 Å². The van der Waals surface area contributed by atoms with Crippen LogP contribution < -0.4 is 5.32 Å². The third kappa shape index (κ3) is 2.33.